The summed E-state index contributed by atoms with van der Waals surface area (Å²) in [5.74, 6) is 1.71. The van der Waals surface area contributed by atoms with Crippen molar-refractivity contribution in [3.05, 3.63) is 54.2 Å². The van der Waals surface area contributed by atoms with E-state index in [1.54, 1.807) is 37.6 Å². The molecule has 2 atom stereocenters. The molecule has 1 aromatic heterocycles. The summed E-state index contributed by atoms with van der Waals surface area (Å²) in [7, 11) is 1.67. The number of piperidine rings is 1. The number of aromatic nitrogens is 2. The molecule has 0 radical (unpaired) electrons. The molecule has 4 heterocycles. The molecule has 2 N–H and O–H groups in total. The van der Waals surface area contributed by atoms with Gasteiger partial charge >= 0.3 is 0 Å². The largest absolute Gasteiger partial charge is 0.495 e. The quantitative estimate of drug-likeness (QED) is 0.342. The number of rotatable bonds is 10. The second kappa shape index (κ2) is 14.3. The molecule has 6 rings (SSSR count). The number of nitrogens with one attached hydrogen (secondary N) is 1. The fraction of sp³-hybridized carbons (Fsp3) is 0.455. The fourth-order valence-corrected chi connectivity index (χ4v) is 6.01. The van der Waals surface area contributed by atoms with Gasteiger partial charge in [-0.2, -0.15) is 5.26 Å². The molecule has 3 aliphatic rings. The maximum Gasteiger partial charge on any atom is 0.224 e. The zero-order valence-electron chi connectivity index (χ0n) is 25.8. The highest BCUT2D eigenvalue weighted by Crippen LogP contribution is 2.34. The lowest BCUT2D eigenvalue weighted by Gasteiger charge is -2.43. The number of halogens is 1. The normalized spacial score (nSPS) is 20.5. The number of hydrogen-bond acceptors (Lipinski definition) is 11. The summed E-state index contributed by atoms with van der Waals surface area (Å²) in [5, 5.41) is 22.2. The molecule has 3 aliphatic heterocycles. The molecule has 3 saturated heterocycles. The zero-order valence-corrected chi connectivity index (χ0v) is 25.8. The van der Waals surface area contributed by atoms with Crippen LogP contribution in [-0.2, 0) is 9.53 Å². The molecule has 12 nitrogen and oxygen atoms in total. The number of nitriles is 1. The number of aliphatic hydroxyl groups excluding tert-OH is 1. The highest BCUT2D eigenvalue weighted by atomic mass is 19.1. The standard InChI is InChI=1S/C33H38FN7O5/c1-44-30-17-24(3-4-27(30)40-13-11-39(12-14-40)25-20-45-21-25)37-31-6-9-36-33(38-31)22-2-5-28(23(16-22)18-35)46-29-7-10-41(19-26(29)34)32(43)8-15-42/h2-6,9,16-17,25-26,29,42H,7-8,10-15,19-21H2,1H3,(H,36,37,38)/t26-,29+/m1/s1. The molecular weight excluding hydrogens is 593 g/mol. The molecule has 3 aromatic rings. The van der Waals surface area contributed by atoms with Crippen molar-refractivity contribution < 1.29 is 28.5 Å². The fourth-order valence-electron chi connectivity index (χ4n) is 6.01. The number of likely N-dealkylation sites (tertiary alicyclic amines) is 1. The van der Waals surface area contributed by atoms with Crippen LogP contribution in [0.2, 0.25) is 0 Å². The van der Waals surface area contributed by atoms with Crippen LogP contribution in [-0.4, -0.2) is 115 Å². The number of hydrogen-bond donors (Lipinski definition) is 2. The monoisotopic (exact) mass is 631 g/mol. The minimum atomic E-state index is -1.42. The lowest BCUT2D eigenvalue weighted by Crippen LogP contribution is -2.56. The number of ether oxygens (including phenoxy) is 3. The van der Waals surface area contributed by atoms with Gasteiger partial charge in [0.15, 0.2) is 12.0 Å². The molecule has 46 heavy (non-hydrogen) atoms. The summed E-state index contributed by atoms with van der Waals surface area (Å²) < 4.78 is 31.9. The molecule has 13 heteroatoms. The molecule has 0 aliphatic carbocycles. The predicted octanol–water partition coefficient (Wildman–Crippen LogP) is 2.99. The number of amides is 1. The third-order valence-electron chi connectivity index (χ3n) is 8.70. The van der Waals surface area contributed by atoms with Crippen molar-refractivity contribution in [2.75, 3.05) is 76.4 Å². The van der Waals surface area contributed by atoms with Crippen LogP contribution in [0.25, 0.3) is 11.4 Å². The Kier molecular flexibility index (Phi) is 9.77. The topological polar surface area (TPSA) is 136 Å². The maximum atomic E-state index is 14.9. The van der Waals surface area contributed by atoms with E-state index in [4.69, 9.17) is 19.3 Å². The van der Waals surface area contributed by atoms with Crippen molar-refractivity contribution in [3.8, 4) is 29.0 Å². The number of methoxy groups -OCH3 is 1. The van der Waals surface area contributed by atoms with Crippen molar-refractivity contribution in [2.24, 2.45) is 0 Å². The lowest BCUT2D eigenvalue weighted by molar-refractivity contribution is -0.135. The average Bonchev–Trinajstić information content (AvgIpc) is 3.05. The molecule has 0 unspecified atom stereocenters. The highest BCUT2D eigenvalue weighted by Gasteiger charge is 2.33. The van der Waals surface area contributed by atoms with E-state index >= 15 is 0 Å². The average molecular weight is 632 g/mol. The number of benzene rings is 2. The van der Waals surface area contributed by atoms with E-state index in [2.05, 4.69) is 37.2 Å². The summed E-state index contributed by atoms with van der Waals surface area (Å²) in [4.78, 5) is 27.3. The number of carbonyl (C=O) groups excluding carboxylic acids is 1. The second-order valence-corrected chi connectivity index (χ2v) is 11.6. The van der Waals surface area contributed by atoms with Gasteiger partial charge in [-0.05, 0) is 36.4 Å². The first kappa shape index (κ1) is 31.5. The van der Waals surface area contributed by atoms with Gasteiger partial charge in [0.1, 0.15) is 29.5 Å². The highest BCUT2D eigenvalue weighted by molar-refractivity contribution is 5.76. The van der Waals surface area contributed by atoms with E-state index in [9.17, 15) is 14.4 Å². The summed E-state index contributed by atoms with van der Waals surface area (Å²) in [5.41, 5.74) is 2.69. The Balaban J connectivity index is 1.11. The van der Waals surface area contributed by atoms with Gasteiger partial charge in [0.25, 0.3) is 0 Å². The molecule has 0 spiro atoms. The lowest BCUT2D eigenvalue weighted by atomic mass is 10.0. The number of aliphatic hydroxyl groups is 1. The number of anilines is 3. The summed E-state index contributed by atoms with van der Waals surface area (Å²) in [6, 6.07) is 15.4. The molecule has 242 valence electrons. The first-order valence-corrected chi connectivity index (χ1v) is 15.5. The van der Waals surface area contributed by atoms with E-state index < -0.39 is 12.3 Å². The van der Waals surface area contributed by atoms with Crippen LogP contribution in [0.5, 0.6) is 11.5 Å². The van der Waals surface area contributed by atoms with Gasteiger partial charge in [0.2, 0.25) is 5.91 Å². The Hall–Kier alpha value is -4.51. The number of alkyl halides is 1. The van der Waals surface area contributed by atoms with Gasteiger partial charge < -0.3 is 34.4 Å². The Morgan fingerprint density at radius 1 is 1.13 bits per heavy atom. The van der Waals surface area contributed by atoms with Gasteiger partial charge in [0, 0.05) is 69.1 Å². The SMILES string of the molecule is COc1cc(Nc2ccnc(-c3ccc(O[C@H]4CCN(C(=O)CCO)C[C@H]4F)c(C#N)c3)n2)ccc1N1CCN(C2COC2)CC1. The van der Waals surface area contributed by atoms with E-state index in [-0.39, 0.29) is 43.2 Å². The number of piperazine rings is 1. The van der Waals surface area contributed by atoms with E-state index in [0.29, 0.717) is 29.8 Å². The van der Waals surface area contributed by atoms with Crippen molar-refractivity contribution >= 4 is 23.1 Å². The Morgan fingerprint density at radius 3 is 2.65 bits per heavy atom. The zero-order chi connectivity index (χ0) is 32.0. The number of carbonyl (C=O) groups is 1. The van der Waals surface area contributed by atoms with Crippen molar-refractivity contribution in [3.63, 3.8) is 0 Å². The molecule has 0 bridgehead atoms. The second-order valence-electron chi connectivity index (χ2n) is 11.6. The van der Waals surface area contributed by atoms with Crippen LogP contribution in [0.3, 0.4) is 0 Å². The van der Waals surface area contributed by atoms with Crippen LogP contribution >= 0.6 is 0 Å². The number of nitrogens with zero attached hydrogens (tertiary/aromatic N) is 6. The Bertz CT molecular complexity index is 1570. The Labute approximate surface area is 267 Å². The molecule has 3 fully saturated rings. The van der Waals surface area contributed by atoms with Gasteiger partial charge in [-0.3, -0.25) is 9.69 Å². The third-order valence-corrected chi connectivity index (χ3v) is 8.70. The Morgan fingerprint density at radius 2 is 1.96 bits per heavy atom. The predicted molar refractivity (Wildman–Crippen MR) is 169 cm³/mol. The van der Waals surface area contributed by atoms with Crippen LogP contribution in [0.15, 0.2) is 48.7 Å². The van der Waals surface area contributed by atoms with E-state index in [0.717, 1.165) is 56.5 Å². The van der Waals surface area contributed by atoms with Gasteiger partial charge in [-0.25, -0.2) is 14.4 Å². The van der Waals surface area contributed by atoms with E-state index in [1.807, 2.05) is 12.1 Å². The summed E-state index contributed by atoms with van der Waals surface area (Å²) >= 11 is 0. The first-order valence-electron chi connectivity index (χ1n) is 15.5. The van der Waals surface area contributed by atoms with Gasteiger partial charge in [0.05, 0.1) is 50.8 Å². The minimum absolute atomic E-state index is 0.0351. The smallest absolute Gasteiger partial charge is 0.224 e. The van der Waals surface area contributed by atoms with E-state index in [1.165, 1.54) is 4.90 Å². The van der Waals surface area contributed by atoms with Crippen LogP contribution in [0.1, 0.15) is 18.4 Å². The van der Waals surface area contributed by atoms with Crippen molar-refractivity contribution in [1.29, 1.82) is 5.26 Å². The third kappa shape index (κ3) is 6.99. The van der Waals surface area contributed by atoms with Gasteiger partial charge in [-0.15, -0.1) is 0 Å². The van der Waals surface area contributed by atoms with Crippen LogP contribution in [0.4, 0.5) is 21.6 Å². The molecule has 2 aromatic carbocycles. The molecule has 0 saturated carbocycles. The first-order chi connectivity index (χ1) is 22.4. The summed E-state index contributed by atoms with van der Waals surface area (Å²) in [6.07, 6.45) is -0.333. The molecule has 1 amide bonds. The van der Waals surface area contributed by atoms with Crippen LogP contribution < -0.4 is 19.7 Å². The summed E-state index contributed by atoms with van der Waals surface area (Å²) in [6.45, 7) is 5.41. The maximum absolute atomic E-state index is 14.9. The van der Waals surface area contributed by atoms with Crippen molar-refractivity contribution in [2.45, 2.75) is 31.2 Å². The van der Waals surface area contributed by atoms with Crippen molar-refractivity contribution in [1.82, 2.24) is 19.8 Å². The van der Waals surface area contributed by atoms with Crippen LogP contribution in [0, 0.1) is 11.3 Å². The molecular formula is C33H38FN7O5. The minimum Gasteiger partial charge on any atom is -0.495 e. The van der Waals surface area contributed by atoms with Gasteiger partial charge in [-0.1, -0.05) is 0 Å².